The van der Waals surface area contributed by atoms with E-state index >= 15 is 0 Å². The molecule has 0 radical (unpaired) electrons. The van der Waals surface area contributed by atoms with Crippen LogP contribution in [0.1, 0.15) is 31.2 Å². The number of hydrogen-bond donors (Lipinski definition) is 1. The number of piperidine rings is 1. The zero-order chi connectivity index (χ0) is 15.9. The van der Waals surface area contributed by atoms with Gasteiger partial charge in [0.15, 0.2) is 0 Å². The molecule has 2 rings (SSSR count). The molecule has 0 aliphatic carbocycles. The molecule has 1 fully saturated rings. The monoisotopic (exact) mass is 378 g/mol. The van der Waals surface area contributed by atoms with Crippen molar-refractivity contribution in [1.29, 1.82) is 0 Å². The van der Waals surface area contributed by atoms with Gasteiger partial charge in [0.05, 0.1) is 0 Å². The van der Waals surface area contributed by atoms with Crippen LogP contribution in [0.5, 0.6) is 0 Å². The number of nitrogens with zero attached hydrogens (tertiary/aromatic N) is 1. The van der Waals surface area contributed by atoms with Crippen molar-refractivity contribution in [3.8, 4) is 0 Å². The van der Waals surface area contributed by atoms with Crippen molar-refractivity contribution >= 4 is 41.5 Å². The molecule has 0 unspecified atom stereocenters. The molecule has 1 aliphatic heterocycles. The molecule has 0 atom stereocenters. The van der Waals surface area contributed by atoms with E-state index in [-0.39, 0.29) is 18.3 Å². The SMILES string of the molecule is CNCCCC(=O)N1CCC(Cc2cc(Cl)ccc2Cl)CC1.Cl. The van der Waals surface area contributed by atoms with Crippen LogP contribution in [0.3, 0.4) is 0 Å². The maximum absolute atomic E-state index is 12.1. The van der Waals surface area contributed by atoms with E-state index < -0.39 is 0 Å². The molecule has 1 aromatic rings. The summed E-state index contributed by atoms with van der Waals surface area (Å²) in [5, 5.41) is 4.60. The molecule has 6 heteroatoms. The smallest absolute Gasteiger partial charge is 0.222 e. The summed E-state index contributed by atoms with van der Waals surface area (Å²) in [7, 11) is 1.91. The van der Waals surface area contributed by atoms with Crippen LogP contribution in [0.2, 0.25) is 10.0 Å². The second-order valence-electron chi connectivity index (χ2n) is 5.97. The van der Waals surface area contributed by atoms with Crippen molar-refractivity contribution in [3.63, 3.8) is 0 Å². The first-order chi connectivity index (χ1) is 10.6. The van der Waals surface area contributed by atoms with Crippen molar-refractivity contribution in [2.45, 2.75) is 32.1 Å². The van der Waals surface area contributed by atoms with E-state index in [1.54, 1.807) is 0 Å². The maximum Gasteiger partial charge on any atom is 0.222 e. The molecular formula is C17H25Cl3N2O. The Morgan fingerprint density at radius 1 is 1.30 bits per heavy atom. The minimum Gasteiger partial charge on any atom is -0.343 e. The van der Waals surface area contributed by atoms with Crippen molar-refractivity contribution in [1.82, 2.24) is 10.2 Å². The number of halogens is 3. The molecule has 23 heavy (non-hydrogen) atoms. The van der Waals surface area contributed by atoms with Crippen LogP contribution in [-0.4, -0.2) is 37.5 Å². The van der Waals surface area contributed by atoms with Gasteiger partial charge in [0, 0.05) is 29.6 Å². The van der Waals surface area contributed by atoms with Crippen molar-refractivity contribution in [2.24, 2.45) is 5.92 Å². The molecule has 1 saturated heterocycles. The number of likely N-dealkylation sites (tertiary alicyclic amines) is 1. The van der Waals surface area contributed by atoms with Crippen LogP contribution < -0.4 is 5.32 Å². The molecule has 1 amide bonds. The Bertz CT molecular complexity index is 503. The van der Waals surface area contributed by atoms with E-state index in [1.807, 2.05) is 30.1 Å². The fraction of sp³-hybridized carbons (Fsp3) is 0.588. The van der Waals surface area contributed by atoms with E-state index in [1.165, 1.54) is 0 Å². The number of rotatable bonds is 6. The first-order valence-corrected chi connectivity index (χ1v) is 8.72. The highest BCUT2D eigenvalue weighted by molar-refractivity contribution is 6.33. The third-order valence-electron chi connectivity index (χ3n) is 4.30. The first-order valence-electron chi connectivity index (χ1n) is 7.96. The molecule has 0 spiro atoms. The molecule has 1 N–H and O–H groups in total. The van der Waals surface area contributed by atoms with Gasteiger partial charge in [-0.2, -0.15) is 0 Å². The van der Waals surface area contributed by atoms with Crippen molar-refractivity contribution in [2.75, 3.05) is 26.7 Å². The Balaban J connectivity index is 0.00000264. The molecule has 3 nitrogen and oxygen atoms in total. The summed E-state index contributed by atoms with van der Waals surface area (Å²) in [6, 6.07) is 5.64. The lowest BCUT2D eigenvalue weighted by molar-refractivity contribution is -0.132. The van der Waals surface area contributed by atoms with Crippen LogP contribution in [0.4, 0.5) is 0 Å². The maximum atomic E-state index is 12.1. The molecule has 0 bridgehead atoms. The van der Waals surface area contributed by atoms with Gasteiger partial charge in [-0.25, -0.2) is 0 Å². The second kappa shape index (κ2) is 10.4. The number of carbonyl (C=O) groups is 1. The molecular weight excluding hydrogens is 355 g/mol. The number of benzene rings is 1. The number of hydrogen-bond acceptors (Lipinski definition) is 2. The van der Waals surface area contributed by atoms with Crippen LogP contribution >= 0.6 is 35.6 Å². The topological polar surface area (TPSA) is 32.3 Å². The van der Waals surface area contributed by atoms with E-state index in [4.69, 9.17) is 23.2 Å². The van der Waals surface area contributed by atoms with Gasteiger partial charge in [-0.15, -0.1) is 12.4 Å². The summed E-state index contributed by atoms with van der Waals surface area (Å²) in [4.78, 5) is 14.1. The average molecular weight is 380 g/mol. The quantitative estimate of drug-likeness (QED) is 0.751. The lowest BCUT2D eigenvalue weighted by atomic mass is 9.90. The van der Waals surface area contributed by atoms with Gasteiger partial charge >= 0.3 is 0 Å². The lowest BCUT2D eigenvalue weighted by Crippen LogP contribution is -2.39. The van der Waals surface area contributed by atoms with Gasteiger partial charge in [0.25, 0.3) is 0 Å². The van der Waals surface area contributed by atoms with Gasteiger partial charge in [-0.3, -0.25) is 4.79 Å². The fourth-order valence-electron chi connectivity index (χ4n) is 2.97. The lowest BCUT2D eigenvalue weighted by Gasteiger charge is -2.32. The van der Waals surface area contributed by atoms with E-state index in [2.05, 4.69) is 5.32 Å². The van der Waals surface area contributed by atoms with Crippen LogP contribution in [0, 0.1) is 5.92 Å². The van der Waals surface area contributed by atoms with Gasteiger partial charge in [-0.1, -0.05) is 23.2 Å². The minimum atomic E-state index is 0. The molecule has 1 aliphatic rings. The Kier molecular flexibility index (Phi) is 9.30. The Morgan fingerprint density at radius 2 is 2.00 bits per heavy atom. The summed E-state index contributed by atoms with van der Waals surface area (Å²) in [5.41, 5.74) is 1.12. The number of carbonyl (C=O) groups excluding carboxylic acids is 1. The molecule has 1 heterocycles. The van der Waals surface area contributed by atoms with E-state index in [0.29, 0.717) is 12.3 Å². The van der Waals surface area contributed by atoms with Gasteiger partial charge in [-0.05, 0) is 69.0 Å². The molecule has 1 aromatic carbocycles. The zero-order valence-corrected chi connectivity index (χ0v) is 15.8. The Labute approximate surface area is 155 Å². The third kappa shape index (κ3) is 6.50. The zero-order valence-electron chi connectivity index (χ0n) is 13.5. The Hall–Kier alpha value is -0.480. The van der Waals surface area contributed by atoms with Crippen molar-refractivity contribution < 1.29 is 4.79 Å². The largest absolute Gasteiger partial charge is 0.343 e. The fourth-order valence-corrected chi connectivity index (χ4v) is 3.36. The summed E-state index contributed by atoms with van der Waals surface area (Å²) in [6.45, 7) is 2.62. The summed E-state index contributed by atoms with van der Waals surface area (Å²) in [6.07, 6.45) is 4.58. The van der Waals surface area contributed by atoms with Crippen molar-refractivity contribution in [3.05, 3.63) is 33.8 Å². The first kappa shape index (κ1) is 20.6. The predicted molar refractivity (Wildman–Crippen MR) is 99.9 cm³/mol. The third-order valence-corrected chi connectivity index (χ3v) is 4.90. The minimum absolute atomic E-state index is 0. The molecule has 0 aromatic heterocycles. The standard InChI is InChI=1S/C17H24Cl2N2O.ClH/c1-20-8-2-3-17(22)21-9-6-13(7-10-21)11-14-12-15(18)4-5-16(14)19;/h4-5,12-13,20H,2-3,6-11H2,1H3;1H. The van der Waals surface area contributed by atoms with E-state index in [9.17, 15) is 4.79 Å². The second-order valence-corrected chi connectivity index (χ2v) is 6.81. The van der Waals surface area contributed by atoms with Gasteiger partial charge < -0.3 is 10.2 Å². The van der Waals surface area contributed by atoms with Crippen LogP contribution in [0.25, 0.3) is 0 Å². The normalized spacial score (nSPS) is 15.3. The highest BCUT2D eigenvalue weighted by atomic mass is 35.5. The van der Waals surface area contributed by atoms with Gasteiger partial charge in [0.1, 0.15) is 0 Å². The summed E-state index contributed by atoms with van der Waals surface area (Å²) < 4.78 is 0. The average Bonchev–Trinajstić information content (AvgIpc) is 2.52. The number of amides is 1. The molecule has 130 valence electrons. The number of nitrogens with one attached hydrogen (secondary N) is 1. The molecule has 0 saturated carbocycles. The van der Waals surface area contributed by atoms with Gasteiger partial charge in [0.2, 0.25) is 5.91 Å². The van der Waals surface area contributed by atoms with Crippen LogP contribution in [0.15, 0.2) is 18.2 Å². The Morgan fingerprint density at radius 3 is 2.65 bits per heavy atom. The predicted octanol–water partition coefficient (Wildman–Crippen LogP) is 4.20. The van der Waals surface area contributed by atoms with E-state index in [0.717, 1.165) is 60.9 Å². The van der Waals surface area contributed by atoms with Crippen LogP contribution in [-0.2, 0) is 11.2 Å². The summed E-state index contributed by atoms with van der Waals surface area (Å²) in [5.74, 6) is 0.867. The summed E-state index contributed by atoms with van der Waals surface area (Å²) >= 11 is 12.3. The highest BCUT2D eigenvalue weighted by Crippen LogP contribution is 2.27. The highest BCUT2D eigenvalue weighted by Gasteiger charge is 2.23.